The molecule has 8 nitrogen and oxygen atoms in total. The molecule has 1 atom stereocenters. The van der Waals surface area contributed by atoms with Crippen LogP contribution in [0.15, 0.2) is 48.5 Å². The number of rotatable bonds is 8. The van der Waals surface area contributed by atoms with Gasteiger partial charge in [-0.05, 0) is 23.3 Å². The first-order chi connectivity index (χ1) is 14.1. The first-order valence-corrected chi connectivity index (χ1v) is 9.52. The van der Waals surface area contributed by atoms with Crippen LogP contribution in [0.25, 0.3) is 0 Å². The van der Waals surface area contributed by atoms with E-state index in [1.807, 2.05) is 24.3 Å². The van der Waals surface area contributed by atoms with Gasteiger partial charge < -0.3 is 14.8 Å². The largest absolute Gasteiger partial charge is 0.497 e. The number of nitrogens with zero attached hydrogens (tertiary/aromatic N) is 2. The van der Waals surface area contributed by atoms with Gasteiger partial charge >= 0.3 is 0 Å². The molecule has 2 aromatic rings. The highest BCUT2D eigenvalue weighted by Gasteiger charge is 2.23. The molecule has 0 bridgehead atoms. The molecule has 1 fully saturated rings. The molecular formula is C21H25N3O5. The molecule has 2 aromatic carbocycles. The molecule has 0 radical (unpaired) electrons. The van der Waals surface area contributed by atoms with Crippen LogP contribution in [-0.2, 0) is 16.0 Å². The molecule has 1 aliphatic rings. The zero-order valence-electron chi connectivity index (χ0n) is 16.4. The third-order valence-corrected chi connectivity index (χ3v) is 4.99. The van der Waals surface area contributed by atoms with E-state index < -0.39 is 4.92 Å². The van der Waals surface area contributed by atoms with Crippen LogP contribution in [0.4, 0.5) is 5.69 Å². The SMILES string of the molecule is COc1ccc(C(CNC(=O)Cc2ccc([N+](=O)[O-])cc2)N2CCOCC2)cc1. The van der Waals surface area contributed by atoms with E-state index in [-0.39, 0.29) is 24.1 Å². The number of hydrogen-bond acceptors (Lipinski definition) is 6. The molecule has 1 heterocycles. The number of methoxy groups -OCH3 is 1. The topological polar surface area (TPSA) is 93.9 Å². The summed E-state index contributed by atoms with van der Waals surface area (Å²) in [6.45, 7) is 3.41. The minimum atomic E-state index is -0.453. The van der Waals surface area contributed by atoms with Gasteiger partial charge in [-0.2, -0.15) is 0 Å². The average Bonchev–Trinajstić information content (AvgIpc) is 2.75. The highest BCUT2D eigenvalue weighted by atomic mass is 16.6. The number of nitro groups is 1. The van der Waals surface area contributed by atoms with E-state index in [2.05, 4.69) is 10.2 Å². The Hall–Kier alpha value is -2.97. The van der Waals surface area contributed by atoms with Crippen molar-refractivity contribution in [3.8, 4) is 5.75 Å². The smallest absolute Gasteiger partial charge is 0.269 e. The monoisotopic (exact) mass is 399 g/mol. The van der Waals surface area contributed by atoms with E-state index in [1.165, 1.54) is 12.1 Å². The van der Waals surface area contributed by atoms with Crippen molar-refractivity contribution in [2.24, 2.45) is 0 Å². The van der Waals surface area contributed by atoms with Gasteiger partial charge in [0.2, 0.25) is 5.91 Å². The van der Waals surface area contributed by atoms with Crippen LogP contribution in [0.5, 0.6) is 5.75 Å². The van der Waals surface area contributed by atoms with Gasteiger partial charge in [-0.1, -0.05) is 24.3 Å². The summed E-state index contributed by atoms with van der Waals surface area (Å²) in [6.07, 6.45) is 0.177. The summed E-state index contributed by atoms with van der Waals surface area (Å²) >= 11 is 0. The summed E-state index contributed by atoms with van der Waals surface area (Å²) < 4.78 is 10.7. The zero-order chi connectivity index (χ0) is 20.6. The fourth-order valence-electron chi connectivity index (χ4n) is 3.37. The van der Waals surface area contributed by atoms with Crippen molar-refractivity contribution >= 4 is 11.6 Å². The van der Waals surface area contributed by atoms with Gasteiger partial charge in [-0.15, -0.1) is 0 Å². The number of morpholine rings is 1. The van der Waals surface area contributed by atoms with Crippen LogP contribution >= 0.6 is 0 Å². The lowest BCUT2D eigenvalue weighted by molar-refractivity contribution is -0.384. The average molecular weight is 399 g/mol. The van der Waals surface area contributed by atoms with Crippen molar-refractivity contribution in [1.29, 1.82) is 0 Å². The van der Waals surface area contributed by atoms with Crippen molar-refractivity contribution in [2.75, 3.05) is 40.0 Å². The minimum Gasteiger partial charge on any atom is -0.497 e. The Morgan fingerprint density at radius 3 is 2.41 bits per heavy atom. The number of carbonyl (C=O) groups is 1. The summed E-state index contributed by atoms with van der Waals surface area (Å²) in [5.41, 5.74) is 1.85. The predicted octanol–water partition coefficient (Wildman–Crippen LogP) is 2.34. The number of amides is 1. The van der Waals surface area contributed by atoms with E-state index in [1.54, 1.807) is 19.2 Å². The quantitative estimate of drug-likeness (QED) is 0.541. The fourth-order valence-corrected chi connectivity index (χ4v) is 3.37. The summed E-state index contributed by atoms with van der Waals surface area (Å²) in [6, 6.07) is 13.9. The summed E-state index contributed by atoms with van der Waals surface area (Å²) in [7, 11) is 1.63. The molecule has 0 aliphatic carbocycles. The van der Waals surface area contributed by atoms with E-state index in [4.69, 9.17) is 9.47 Å². The van der Waals surface area contributed by atoms with Gasteiger partial charge in [0.05, 0.1) is 37.7 Å². The standard InChI is InChI=1S/C21H25N3O5/c1-28-19-8-4-17(5-9-19)20(23-10-12-29-13-11-23)15-22-21(25)14-16-2-6-18(7-3-16)24(26)27/h2-9,20H,10-15H2,1H3,(H,22,25). The predicted molar refractivity (Wildman–Crippen MR) is 108 cm³/mol. The molecule has 1 aliphatic heterocycles. The second-order valence-electron chi connectivity index (χ2n) is 6.84. The van der Waals surface area contributed by atoms with Gasteiger partial charge in [-0.25, -0.2) is 0 Å². The van der Waals surface area contributed by atoms with Gasteiger partial charge in [0.25, 0.3) is 5.69 Å². The molecule has 154 valence electrons. The molecule has 1 N–H and O–H groups in total. The molecule has 1 unspecified atom stereocenters. The Bertz CT molecular complexity index is 817. The highest BCUT2D eigenvalue weighted by molar-refractivity contribution is 5.78. The number of nitrogens with one attached hydrogen (secondary N) is 1. The van der Waals surface area contributed by atoms with E-state index in [0.29, 0.717) is 19.8 Å². The Labute approximate surface area is 169 Å². The van der Waals surface area contributed by atoms with Gasteiger partial charge in [0.1, 0.15) is 5.75 Å². The number of ether oxygens (including phenoxy) is 2. The van der Waals surface area contributed by atoms with E-state index in [9.17, 15) is 14.9 Å². The fraction of sp³-hybridized carbons (Fsp3) is 0.381. The third kappa shape index (κ3) is 5.75. The number of non-ortho nitro benzene ring substituents is 1. The first-order valence-electron chi connectivity index (χ1n) is 9.52. The molecule has 0 spiro atoms. The summed E-state index contributed by atoms with van der Waals surface area (Å²) in [5, 5.41) is 13.7. The molecule has 8 heteroatoms. The number of hydrogen-bond donors (Lipinski definition) is 1. The normalized spacial score (nSPS) is 15.5. The Morgan fingerprint density at radius 1 is 1.17 bits per heavy atom. The lowest BCUT2D eigenvalue weighted by Crippen LogP contribution is -2.44. The molecule has 3 rings (SSSR count). The second kappa shape index (κ2) is 9.99. The van der Waals surface area contributed by atoms with Gasteiger partial charge in [-0.3, -0.25) is 19.8 Å². The maximum atomic E-state index is 12.4. The van der Waals surface area contributed by atoms with Crippen LogP contribution in [0.3, 0.4) is 0 Å². The van der Waals surface area contributed by atoms with E-state index >= 15 is 0 Å². The lowest BCUT2D eigenvalue weighted by atomic mass is 10.0. The number of nitro benzene ring substituents is 1. The Kier molecular flexibility index (Phi) is 7.15. The molecule has 1 saturated heterocycles. The first kappa shape index (κ1) is 20.8. The third-order valence-electron chi connectivity index (χ3n) is 4.99. The number of benzene rings is 2. The molecule has 0 saturated carbocycles. The maximum Gasteiger partial charge on any atom is 0.269 e. The van der Waals surface area contributed by atoms with Crippen molar-refractivity contribution in [3.05, 3.63) is 69.8 Å². The van der Waals surface area contributed by atoms with Crippen LogP contribution < -0.4 is 10.1 Å². The van der Waals surface area contributed by atoms with E-state index in [0.717, 1.165) is 30.0 Å². The van der Waals surface area contributed by atoms with Gasteiger partial charge in [0, 0.05) is 31.8 Å². The molecule has 0 aromatic heterocycles. The minimum absolute atomic E-state index is 0.0149. The van der Waals surface area contributed by atoms with Crippen LogP contribution in [-0.4, -0.2) is 55.7 Å². The van der Waals surface area contributed by atoms with Crippen molar-refractivity contribution in [3.63, 3.8) is 0 Å². The van der Waals surface area contributed by atoms with Crippen LogP contribution in [0.2, 0.25) is 0 Å². The van der Waals surface area contributed by atoms with Gasteiger partial charge in [0.15, 0.2) is 0 Å². The molecule has 29 heavy (non-hydrogen) atoms. The van der Waals surface area contributed by atoms with Crippen molar-refractivity contribution < 1.29 is 19.2 Å². The van der Waals surface area contributed by atoms with Crippen molar-refractivity contribution in [1.82, 2.24) is 10.2 Å². The molecular weight excluding hydrogens is 374 g/mol. The summed E-state index contributed by atoms with van der Waals surface area (Å²) in [4.78, 5) is 25.0. The zero-order valence-corrected chi connectivity index (χ0v) is 16.4. The summed E-state index contributed by atoms with van der Waals surface area (Å²) in [5.74, 6) is 0.669. The Balaban J connectivity index is 1.63. The van der Waals surface area contributed by atoms with Crippen LogP contribution in [0, 0.1) is 10.1 Å². The maximum absolute atomic E-state index is 12.4. The van der Waals surface area contributed by atoms with Crippen LogP contribution in [0.1, 0.15) is 17.2 Å². The molecule has 1 amide bonds. The lowest BCUT2D eigenvalue weighted by Gasteiger charge is -2.35. The number of carbonyl (C=O) groups excluding carboxylic acids is 1. The second-order valence-corrected chi connectivity index (χ2v) is 6.84. The van der Waals surface area contributed by atoms with Crippen molar-refractivity contribution in [2.45, 2.75) is 12.5 Å². The highest BCUT2D eigenvalue weighted by Crippen LogP contribution is 2.23. The Morgan fingerprint density at radius 2 is 1.83 bits per heavy atom.